The van der Waals surface area contributed by atoms with E-state index < -0.39 is 5.91 Å². The van der Waals surface area contributed by atoms with Crippen molar-refractivity contribution in [1.29, 1.82) is 5.26 Å². The zero-order chi connectivity index (χ0) is 16.5. The van der Waals surface area contributed by atoms with E-state index in [1.807, 2.05) is 6.07 Å². The Bertz CT molecular complexity index is 571. The highest BCUT2D eigenvalue weighted by Crippen LogP contribution is 2.27. The Labute approximate surface area is 140 Å². The number of carbonyl (C=O) groups excluding carboxylic acids is 2. The van der Waals surface area contributed by atoms with Crippen molar-refractivity contribution in [2.24, 2.45) is 5.92 Å². The van der Waals surface area contributed by atoms with Crippen molar-refractivity contribution in [1.82, 2.24) is 0 Å². The molecule has 0 spiro atoms. The van der Waals surface area contributed by atoms with Gasteiger partial charge in [0.15, 0.2) is 6.61 Å². The number of anilines is 1. The molecule has 124 valence electrons. The molecule has 1 heterocycles. The van der Waals surface area contributed by atoms with Gasteiger partial charge in [0, 0.05) is 6.42 Å². The maximum absolute atomic E-state index is 11.7. The van der Waals surface area contributed by atoms with E-state index in [0.717, 1.165) is 18.8 Å². The highest BCUT2D eigenvalue weighted by molar-refractivity contribution is 7.14. The number of hydrogen-bond acceptors (Lipinski definition) is 5. The summed E-state index contributed by atoms with van der Waals surface area (Å²) in [7, 11) is 0. The van der Waals surface area contributed by atoms with Crippen LogP contribution in [0.5, 0.6) is 0 Å². The van der Waals surface area contributed by atoms with Crippen molar-refractivity contribution < 1.29 is 14.3 Å². The second-order valence-corrected chi connectivity index (χ2v) is 6.80. The number of rotatable bonds is 7. The molecule has 5 nitrogen and oxygen atoms in total. The van der Waals surface area contributed by atoms with Gasteiger partial charge in [-0.05, 0) is 30.2 Å². The van der Waals surface area contributed by atoms with Crippen molar-refractivity contribution in [3.8, 4) is 6.07 Å². The van der Waals surface area contributed by atoms with Crippen LogP contribution in [0.25, 0.3) is 0 Å². The molecule has 0 unspecified atom stereocenters. The van der Waals surface area contributed by atoms with Crippen LogP contribution in [0.2, 0.25) is 0 Å². The van der Waals surface area contributed by atoms with Gasteiger partial charge in [-0.15, -0.1) is 11.3 Å². The van der Waals surface area contributed by atoms with Crippen LogP contribution in [0.4, 0.5) is 5.00 Å². The summed E-state index contributed by atoms with van der Waals surface area (Å²) in [5.74, 6) is 0.00954. The maximum atomic E-state index is 11.7. The lowest BCUT2D eigenvalue weighted by atomic mass is 9.86. The molecule has 1 fully saturated rings. The van der Waals surface area contributed by atoms with Crippen molar-refractivity contribution >= 4 is 28.2 Å². The minimum atomic E-state index is -0.412. The van der Waals surface area contributed by atoms with Crippen LogP contribution in [0.3, 0.4) is 0 Å². The number of esters is 1. The van der Waals surface area contributed by atoms with E-state index in [4.69, 9.17) is 10.00 Å². The van der Waals surface area contributed by atoms with E-state index in [9.17, 15) is 9.59 Å². The van der Waals surface area contributed by atoms with Crippen LogP contribution >= 0.6 is 11.3 Å². The van der Waals surface area contributed by atoms with Crippen molar-refractivity contribution in [2.75, 3.05) is 11.9 Å². The third-order valence-corrected chi connectivity index (χ3v) is 4.95. The Kier molecular flexibility index (Phi) is 7.08. The van der Waals surface area contributed by atoms with Gasteiger partial charge in [0.25, 0.3) is 5.91 Å². The van der Waals surface area contributed by atoms with Crippen LogP contribution < -0.4 is 5.32 Å². The summed E-state index contributed by atoms with van der Waals surface area (Å²) in [4.78, 5) is 23.4. The topological polar surface area (TPSA) is 79.2 Å². The summed E-state index contributed by atoms with van der Waals surface area (Å²) in [6, 6.07) is 3.63. The number of amides is 1. The predicted molar refractivity (Wildman–Crippen MR) is 89.0 cm³/mol. The molecule has 0 aromatic carbocycles. The van der Waals surface area contributed by atoms with E-state index in [0.29, 0.717) is 17.0 Å². The molecule has 1 saturated carbocycles. The van der Waals surface area contributed by atoms with Crippen LogP contribution in [0.15, 0.2) is 11.4 Å². The van der Waals surface area contributed by atoms with Gasteiger partial charge >= 0.3 is 5.97 Å². The normalized spacial score (nSPS) is 14.9. The molecule has 2 rings (SSSR count). The summed E-state index contributed by atoms with van der Waals surface area (Å²) in [5, 5.41) is 13.7. The highest BCUT2D eigenvalue weighted by atomic mass is 32.1. The highest BCUT2D eigenvalue weighted by Gasteiger charge is 2.15. The van der Waals surface area contributed by atoms with Gasteiger partial charge in [0.2, 0.25) is 0 Å². The Morgan fingerprint density at radius 2 is 2.13 bits per heavy atom. The summed E-state index contributed by atoms with van der Waals surface area (Å²) < 4.78 is 4.99. The zero-order valence-electron chi connectivity index (χ0n) is 13.2. The Balaban J connectivity index is 1.60. The molecule has 1 aromatic rings. The van der Waals surface area contributed by atoms with Crippen molar-refractivity contribution in [3.05, 3.63) is 17.0 Å². The number of carbonyl (C=O) groups is 2. The lowest BCUT2D eigenvalue weighted by Gasteiger charge is -2.20. The molecule has 1 amide bonds. The average molecular weight is 334 g/mol. The molecule has 1 aromatic heterocycles. The van der Waals surface area contributed by atoms with Gasteiger partial charge in [-0.1, -0.05) is 32.1 Å². The summed E-state index contributed by atoms with van der Waals surface area (Å²) in [6.07, 6.45) is 8.78. The molecule has 6 heteroatoms. The minimum Gasteiger partial charge on any atom is -0.456 e. The van der Waals surface area contributed by atoms with Crippen LogP contribution in [-0.4, -0.2) is 18.5 Å². The third-order valence-electron chi connectivity index (χ3n) is 4.12. The number of nitrogens with one attached hydrogen (secondary N) is 1. The van der Waals surface area contributed by atoms with Crippen molar-refractivity contribution in [3.63, 3.8) is 0 Å². The lowest BCUT2D eigenvalue weighted by Crippen LogP contribution is -2.20. The quantitative estimate of drug-likeness (QED) is 0.768. The number of nitriles is 1. The van der Waals surface area contributed by atoms with E-state index in [1.165, 1.54) is 43.4 Å². The third kappa shape index (κ3) is 6.03. The first-order chi connectivity index (χ1) is 11.2. The number of thiophene rings is 1. The first kappa shape index (κ1) is 17.5. The maximum Gasteiger partial charge on any atom is 0.306 e. The second-order valence-electron chi connectivity index (χ2n) is 5.88. The fourth-order valence-corrected chi connectivity index (χ4v) is 3.64. The SMILES string of the molecule is N#Cc1ccsc1NC(=O)COC(=O)CCCC1CCCCC1. The molecular formula is C17H22N2O3S. The van der Waals surface area contributed by atoms with E-state index in [-0.39, 0.29) is 12.6 Å². The molecule has 0 atom stereocenters. The molecule has 0 aliphatic heterocycles. The van der Waals surface area contributed by atoms with E-state index >= 15 is 0 Å². The van der Waals surface area contributed by atoms with Crippen LogP contribution in [-0.2, 0) is 14.3 Å². The standard InChI is InChI=1S/C17H22N2O3S/c18-11-14-9-10-23-17(14)19-15(20)12-22-16(21)8-4-7-13-5-2-1-3-6-13/h9-10,13H,1-8,12H2,(H,19,20). The molecule has 0 radical (unpaired) electrons. The van der Waals surface area contributed by atoms with Gasteiger partial charge in [-0.25, -0.2) is 0 Å². The predicted octanol–water partition coefficient (Wildman–Crippen LogP) is 3.85. The molecule has 1 N–H and O–H groups in total. The van der Waals surface area contributed by atoms with Crippen molar-refractivity contribution in [2.45, 2.75) is 51.4 Å². The van der Waals surface area contributed by atoms with E-state index in [2.05, 4.69) is 5.32 Å². The summed E-state index contributed by atoms with van der Waals surface area (Å²) in [6.45, 7) is -0.301. The Hall–Kier alpha value is -1.87. The summed E-state index contributed by atoms with van der Waals surface area (Å²) >= 11 is 1.27. The van der Waals surface area contributed by atoms with Gasteiger partial charge in [-0.3, -0.25) is 9.59 Å². The van der Waals surface area contributed by atoms with E-state index in [1.54, 1.807) is 11.4 Å². The summed E-state index contributed by atoms with van der Waals surface area (Å²) in [5.41, 5.74) is 0.419. The molecule has 1 aliphatic carbocycles. The number of ether oxygens (including phenoxy) is 1. The number of nitrogens with zero attached hydrogens (tertiary/aromatic N) is 1. The average Bonchev–Trinajstić information content (AvgIpc) is 3.01. The molecular weight excluding hydrogens is 312 g/mol. The fourth-order valence-electron chi connectivity index (χ4n) is 2.89. The smallest absolute Gasteiger partial charge is 0.306 e. The van der Waals surface area contributed by atoms with Crippen LogP contribution in [0, 0.1) is 17.2 Å². The monoisotopic (exact) mass is 334 g/mol. The first-order valence-electron chi connectivity index (χ1n) is 8.12. The number of hydrogen-bond donors (Lipinski definition) is 1. The molecule has 1 aliphatic rings. The van der Waals surface area contributed by atoms with Gasteiger partial charge < -0.3 is 10.1 Å². The first-order valence-corrected chi connectivity index (χ1v) is 9.00. The minimum absolute atomic E-state index is 0.301. The molecule has 23 heavy (non-hydrogen) atoms. The van der Waals surface area contributed by atoms with Gasteiger partial charge in [0.05, 0.1) is 5.56 Å². The molecule has 0 bridgehead atoms. The fraction of sp³-hybridized carbons (Fsp3) is 0.588. The van der Waals surface area contributed by atoms with Crippen LogP contribution in [0.1, 0.15) is 56.9 Å². The Morgan fingerprint density at radius 3 is 2.87 bits per heavy atom. The molecule has 0 saturated heterocycles. The Morgan fingerprint density at radius 1 is 1.35 bits per heavy atom. The lowest BCUT2D eigenvalue weighted by molar-refractivity contribution is -0.147. The zero-order valence-corrected chi connectivity index (χ0v) is 14.0. The van der Waals surface area contributed by atoms with Gasteiger partial charge in [-0.2, -0.15) is 5.26 Å². The largest absolute Gasteiger partial charge is 0.456 e. The van der Waals surface area contributed by atoms with Gasteiger partial charge in [0.1, 0.15) is 11.1 Å². The second kappa shape index (κ2) is 9.31.